The maximum absolute atomic E-state index is 13.0. The SMILES string of the molecule is CC1CCCN(C(=O)CC(=O)Nc2cccc(F)c2)C1. The van der Waals surface area contributed by atoms with Crippen molar-refractivity contribution in [2.45, 2.75) is 26.2 Å². The fourth-order valence-electron chi connectivity index (χ4n) is 2.44. The zero-order chi connectivity index (χ0) is 14.5. The third kappa shape index (κ3) is 4.05. The Kier molecular flexibility index (Phi) is 4.71. The van der Waals surface area contributed by atoms with Crippen LogP contribution in [0.15, 0.2) is 24.3 Å². The molecule has 1 N–H and O–H groups in total. The largest absolute Gasteiger partial charge is 0.342 e. The van der Waals surface area contributed by atoms with Crippen molar-refractivity contribution >= 4 is 17.5 Å². The van der Waals surface area contributed by atoms with Crippen LogP contribution in [0.4, 0.5) is 10.1 Å². The molecule has 0 aliphatic carbocycles. The van der Waals surface area contributed by atoms with E-state index in [2.05, 4.69) is 12.2 Å². The van der Waals surface area contributed by atoms with Crippen LogP contribution < -0.4 is 5.32 Å². The Morgan fingerprint density at radius 1 is 1.45 bits per heavy atom. The number of hydrogen-bond donors (Lipinski definition) is 1. The summed E-state index contributed by atoms with van der Waals surface area (Å²) in [6, 6.07) is 5.63. The van der Waals surface area contributed by atoms with E-state index in [1.807, 2.05) is 0 Å². The minimum atomic E-state index is -0.418. The summed E-state index contributed by atoms with van der Waals surface area (Å²) in [4.78, 5) is 25.5. The van der Waals surface area contributed by atoms with Crippen LogP contribution in [0.25, 0.3) is 0 Å². The van der Waals surface area contributed by atoms with Gasteiger partial charge in [0.25, 0.3) is 0 Å². The summed E-state index contributed by atoms with van der Waals surface area (Å²) in [6.45, 7) is 3.54. The molecule has 1 aromatic carbocycles. The van der Waals surface area contributed by atoms with E-state index in [4.69, 9.17) is 0 Å². The first kappa shape index (κ1) is 14.5. The molecule has 0 radical (unpaired) electrons. The molecule has 0 spiro atoms. The lowest BCUT2D eigenvalue weighted by Crippen LogP contribution is -2.40. The number of nitrogens with zero attached hydrogens (tertiary/aromatic N) is 1. The van der Waals surface area contributed by atoms with Gasteiger partial charge in [0, 0.05) is 18.8 Å². The molecular weight excluding hydrogens is 259 g/mol. The highest BCUT2D eigenvalue weighted by atomic mass is 19.1. The van der Waals surface area contributed by atoms with E-state index in [1.165, 1.54) is 18.2 Å². The van der Waals surface area contributed by atoms with Gasteiger partial charge in [0.05, 0.1) is 0 Å². The molecule has 20 heavy (non-hydrogen) atoms. The first-order valence-corrected chi connectivity index (χ1v) is 6.88. The Morgan fingerprint density at radius 2 is 2.25 bits per heavy atom. The predicted octanol–water partition coefficient (Wildman–Crippen LogP) is 2.41. The molecule has 0 saturated carbocycles. The smallest absolute Gasteiger partial charge is 0.233 e. The molecule has 1 unspecified atom stereocenters. The Hall–Kier alpha value is -1.91. The van der Waals surface area contributed by atoms with Gasteiger partial charge in [0.15, 0.2) is 0 Å². The zero-order valence-corrected chi connectivity index (χ0v) is 11.6. The van der Waals surface area contributed by atoms with Crippen LogP contribution in [0.1, 0.15) is 26.2 Å². The minimum absolute atomic E-state index is 0.162. The predicted molar refractivity (Wildman–Crippen MR) is 74.6 cm³/mol. The summed E-state index contributed by atoms with van der Waals surface area (Å²) >= 11 is 0. The van der Waals surface area contributed by atoms with E-state index in [0.717, 1.165) is 19.4 Å². The molecule has 0 bridgehead atoms. The molecule has 1 aliphatic rings. The molecule has 5 heteroatoms. The number of rotatable bonds is 3. The van der Waals surface area contributed by atoms with Crippen LogP contribution in [-0.2, 0) is 9.59 Å². The van der Waals surface area contributed by atoms with Gasteiger partial charge in [-0.15, -0.1) is 0 Å². The van der Waals surface area contributed by atoms with Gasteiger partial charge in [-0.1, -0.05) is 13.0 Å². The first-order chi connectivity index (χ1) is 9.54. The van der Waals surface area contributed by atoms with Gasteiger partial charge in [-0.25, -0.2) is 4.39 Å². The fourth-order valence-corrected chi connectivity index (χ4v) is 2.44. The van der Waals surface area contributed by atoms with E-state index in [0.29, 0.717) is 18.2 Å². The summed E-state index contributed by atoms with van der Waals surface area (Å²) in [6.07, 6.45) is 1.92. The van der Waals surface area contributed by atoms with E-state index < -0.39 is 11.7 Å². The lowest BCUT2D eigenvalue weighted by atomic mass is 10.00. The summed E-state index contributed by atoms with van der Waals surface area (Å²) in [5, 5.41) is 2.54. The molecule has 2 rings (SSSR count). The number of likely N-dealkylation sites (tertiary alicyclic amines) is 1. The number of carbonyl (C=O) groups is 2. The van der Waals surface area contributed by atoms with Crippen molar-refractivity contribution in [3.05, 3.63) is 30.1 Å². The summed E-state index contributed by atoms with van der Waals surface area (Å²) in [5.41, 5.74) is 0.370. The number of benzene rings is 1. The molecule has 4 nitrogen and oxygen atoms in total. The van der Waals surface area contributed by atoms with E-state index in [1.54, 1.807) is 11.0 Å². The number of amides is 2. The maximum atomic E-state index is 13.0. The maximum Gasteiger partial charge on any atom is 0.233 e. The number of halogens is 1. The van der Waals surface area contributed by atoms with E-state index in [9.17, 15) is 14.0 Å². The quantitative estimate of drug-likeness (QED) is 0.863. The van der Waals surface area contributed by atoms with Gasteiger partial charge in [-0.2, -0.15) is 0 Å². The molecule has 1 atom stereocenters. The molecular formula is C15H19FN2O2. The lowest BCUT2D eigenvalue weighted by Gasteiger charge is -2.30. The summed E-state index contributed by atoms with van der Waals surface area (Å²) in [5.74, 6) is -0.498. The Morgan fingerprint density at radius 3 is 2.95 bits per heavy atom. The van der Waals surface area contributed by atoms with Crippen molar-refractivity contribution in [1.82, 2.24) is 4.90 Å². The van der Waals surface area contributed by atoms with Crippen LogP contribution in [0, 0.1) is 11.7 Å². The molecule has 1 heterocycles. The van der Waals surface area contributed by atoms with Crippen LogP contribution >= 0.6 is 0 Å². The highest BCUT2D eigenvalue weighted by Gasteiger charge is 2.22. The lowest BCUT2D eigenvalue weighted by molar-refractivity contribution is -0.136. The Labute approximate surface area is 118 Å². The highest BCUT2D eigenvalue weighted by Crippen LogP contribution is 2.16. The van der Waals surface area contributed by atoms with E-state index in [-0.39, 0.29) is 12.3 Å². The number of anilines is 1. The molecule has 0 aromatic heterocycles. The zero-order valence-electron chi connectivity index (χ0n) is 11.6. The second-order valence-electron chi connectivity index (χ2n) is 5.32. The van der Waals surface area contributed by atoms with Crippen molar-refractivity contribution < 1.29 is 14.0 Å². The molecule has 1 fully saturated rings. The first-order valence-electron chi connectivity index (χ1n) is 6.88. The standard InChI is InChI=1S/C15H19FN2O2/c1-11-4-3-7-18(10-11)15(20)9-14(19)17-13-6-2-5-12(16)8-13/h2,5-6,8,11H,3-4,7,9-10H2,1H3,(H,17,19). The second-order valence-corrected chi connectivity index (χ2v) is 5.32. The van der Waals surface area contributed by atoms with Crippen LogP contribution in [0.5, 0.6) is 0 Å². The van der Waals surface area contributed by atoms with Crippen molar-refractivity contribution in [3.63, 3.8) is 0 Å². The van der Waals surface area contributed by atoms with Gasteiger partial charge in [-0.3, -0.25) is 9.59 Å². The normalized spacial score (nSPS) is 18.7. The van der Waals surface area contributed by atoms with Crippen molar-refractivity contribution in [1.29, 1.82) is 0 Å². The number of hydrogen-bond acceptors (Lipinski definition) is 2. The van der Waals surface area contributed by atoms with Gasteiger partial charge in [0.2, 0.25) is 11.8 Å². The highest BCUT2D eigenvalue weighted by molar-refractivity contribution is 6.03. The van der Waals surface area contributed by atoms with Gasteiger partial charge >= 0.3 is 0 Å². The van der Waals surface area contributed by atoms with Crippen LogP contribution in [0.2, 0.25) is 0 Å². The molecule has 108 valence electrons. The summed E-state index contributed by atoms with van der Waals surface area (Å²) < 4.78 is 13.0. The van der Waals surface area contributed by atoms with Gasteiger partial charge in [0.1, 0.15) is 12.2 Å². The second kappa shape index (κ2) is 6.50. The minimum Gasteiger partial charge on any atom is -0.342 e. The number of nitrogens with one attached hydrogen (secondary N) is 1. The Bertz CT molecular complexity index is 504. The topological polar surface area (TPSA) is 49.4 Å². The fraction of sp³-hybridized carbons (Fsp3) is 0.467. The third-order valence-electron chi connectivity index (χ3n) is 3.43. The van der Waals surface area contributed by atoms with Crippen LogP contribution in [0.3, 0.4) is 0 Å². The van der Waals surface area contributed by atoms with Gasteiger partial charge < -0.3 is 10.2 Å². The van der Waals surface area contributed by atoms with Crippen molar-refractivity contribution in [2.75, 3.05) is 18.4 Å². The monoisotopic (exact) mass is 278 g/mol. The average molecular weight is 278 g/mol. The van der Waals surface area contributed by atoms with Crippen LogP contribution in [-0.4, -0.2) is 29.8 Å². The average Bonchev–Trinajstić information content (AvgIpc) is 2.38. The molecule has 2 amide bonds. The van der Waals surface area contributed by atoms with Gasteiger partial charge in [-0.05, 0) is 37.0 Å². The van der Waals surface area contributed by atoms with E-state index >= 15 is 0 Å². The molecule has 1 aromatic rings. The number of piperidine rings is 1. The Balaban J connectivity index is 1.86. The third-order valence-corrected chi connectivity index (χ3v) is 3.43. The van der Waals surface area contributed by atoms with Crippen molar-refractivity contribution in [3.8, 4) is 0 Å². The van der Waals surface area contributed by atoms with Crippen molar-refractivity contribution in [2.24, 2.45) is 5.92 Å². The number of carbonyl (C=O) groups excluding carboxylic acids is 2. The summed E-state index contributed by atoms with van der Waals surface area (Å²) in [7, 11) is 0. The molecule has 1 aliphatic heterocycles. The molecule has 1 saturated heterocycles.